The van der Waals surface area contributed by atoms with Gasteiger partial charge >= 0.3 is 0 Å². The summed E-state index contributed by atoms with van der Waals surface area (Å²) in [6.45, 7) is 2.92. The maximum absolute atomic E-state index is 6.25. The van der Waals surface area contributed by atoms with Crippen LogP contribution >= 0.6 is 11.6 Å². The van der Waals surface area contributed by atoms with Gasteiger partial charge in [0.1, 0.15) is 6.34 Å². The fourth-order valence-electron chi connectivity index (χ4n) is 3.47. The molecule has 0 atom stereocenters. The number of para-hydroxylation sites is 1. The molecule has 0 spiro atoms. The lowest BCUT2D eigenvalue weighted by molar-refractivity contribution is 0.403. The number of anilines is 1. The van der Waals surface area contributed by atoms with Crippen LogP contribution in [0.1, 0.15) is 6.92 Å². The first-order valence-corrected chi connectivity index (χ1v) is 8.36. The second-order valence-electron chi connectivity index (χ2n) is 5.92. The van der Waals surface area contributed by atoms with Crippen molar-refractivity contribution in [3.63, 3.8) is 0 Å². The molecule has 1 aromatic heterocycles. The zero-order valence-electron chi connectivity index (χ0n) is 13.1. The fourth-order valence-corrected chi connectivity index (χ4v) is 3.64. The fraction of sp³-hybridized carbons (Fsp3) is 0.105. The highest BCUT2D eigenvalue weighted by molar-refractivity contribution is 6.31. The average Bonchev–Trinajstić information content (AvgIpc) is 3.13. The molecule has 5 rings (SSSR count). The summed E-state index contributed by atoms with van der Waals surface area (Å²) in [6.07, 6.45) is 4.03. The molecule has 0 N–H and O–H groups in total. The Labute approximate surface area is 144 Å². The van der Waals surface area contributed by atoms with Crippen LogP contribution in [0.15, 0.2) is 59.5 Å². The molecule has 5 heteroatoms. The van der Waals surface area contributed by atoms with Crippen molar-refractivity contribution in [2.24, 2.45) is 5.10 Å². The monoisotopic (exact) mass is 334 g/mol. The molecule has 0 aliphatic carbocycles. The van der Waals surface area contributed by atoms with E-state index in [1.165, 1.54) is 10.9 Å². The molecule has 3 aromatic rings. The molecule has 0 unspecified atom stereocenters. The van der Waals surface area contributed by atoms with Crippen LogP contribution in [-0.2, 0) is 0 Å². The molecule has 3 heterocycles. The number of hydrogen-bond donors (Lipinski definition) is 0. The summed E-state index contributed by atoms with van der Waals surface area (Å²) in [7, 11) is 0. The normalized spacial score (nSPS) is 15.2. The Bertz CT molecular complexity index is 1030. The van der Waals surface area contributed by atoms with Crippen LogP contribution in [0.5, 0.6) is 0 Å². The number of halogens is 1. The van der Waals surface area contributed by atoms with E-state index in [4.69, 9.17) is 11.6 Å². The summed E-state index contributed by atoms with van der Waals surface area (Å²) >= 11 is 6.25. The van der Waals surface area contributed by atoms with Gasteiger partial charge in [-0.15, -0.1) is 0 Å². The smallest absolute Gasteiger partial charge is 0.152 e. The quantitative estimate of drug-likeness (QED) is 0.637. The molecule has 0 saturated carbocycles. The minimum Gasteiger partial charge on any atom is -0.312 e. The van der Waals surface area contributed by atoms with Crippen LogP contribution in [0.2, 0.25) is 5.02 Å². The number of hydrazone groups is 1. The van der Waals surface area contributed by atoms with Gasteiger partial charge in [0.2, 0.25) is 0 Å². The van der Waals surface area contributed by atoms with Crippen LogP contribution < -0.4 is 4.90 Å². The summed E-state index contributed by atoms with van der Waals surface area (Å²) in [4.78, 5) is 2.14. The molecular formula is C19H15ClN4. The zero-order valence-corrected chi connectivity index (χ0v) is 13.9. The maximum Gasteiger partial charge on any atom is 0.152 e. The van der Waals surface area contributed by atoms with E-state index >= 15 is 0 Å². The molecule has 0 saturated heterocycles. The van der Waals surface area contributed by atoms with E-state index in [9.17, 15) is 0 Å². The Morgan fingerprint density at radius 2 is 1.96 bits per heavy atom. The average molecular weight is 335 g/mol. The first-order chi connectivity index (χ1) is 11.8. The molecule has 24 heavy (non-hydrogen) atoms. The molecule has 2 aliphatic heterocycles. The van der Waals surface area contributed by atoms with E-state index in [1.54, 1.807) is 0 Å². The summed E-state index contributed by atoms with van der Waals surface area (Å²) < 4.78 is 2.22. The Balaban J connectivity index is 1.89. The van der Waals surface area contributed by atoms with E-state index in [2.05, 4.69) is 64.1 Å². The summed E-state index contributed by atoms with van der Waals surface area (Å²) in [5, 5.41) is 8.44. The van der Waals surface area contributed by atoms with E-state index in [-0.39, 0.29) is 0 Å². The first kappa shape index (κ1) is 13.7. The van der Waals surface area contributed by atoms with E-state index < -0.39 is 0 Å². The standard InChI is InChI=1S/C19H15ClN4/c1-2-24-19-11-22-17-10-14(20)8-7-13(17)9-18(22)15-5-3-4-6-16(15)23(19)12-21-24/h3-12H,2H2,1H3. The lowest BCUT2D eigenvalue weighted by Gasteiger charge is -2.21. The maximum atomic E-state index is 6.25. The van der Waals surface area contributed by atoms with Gasteiger partial charge in [-0.2, -0.15) is 5.10 Å². The molecule has 118 valence electrons. The second kappa shape index (κ2) is 4.89. The third-order valence-corrected chi connectivity index (χ3v) is 4.84. The topological polar surface area (TPSA) is 23.8 Å². The molecule has 2 aliphatic rings. The minimum absolute atomic E-state index is 0.742. The van der Waals surface area contributed by atoms with Crippen LogP contribution in [0.25, 0.3) is 28.4 Å². The molecular weight excluding hydrogens is 320 g/mol. The van der Waals surface area contributed by atoms with Crippen molar-refractivity contribution in [2.45, 2.75) is 6.92 Å². The number of hydrogen-bond acceptors (Lipinski definition) is 3. The number of nitrogens with zero attached hydrogens (tertiary/aromatic N) is 4. The molecule has 0 amide bonds. The van der Waals surface area contributed by atoms with Gasteiger partial charge in [-0.3, -0.25) is 4.90 Å². The van der Waals surface area contributed by atoms with Crippen molar-refractivity contribution in [3.05, 3.63) is 59.4 Å². The number of benzene rings is 2. The number of aromatic nitrogens is 1. The largest absolute Gasteiger partial charge is 0.312 e. The van der Waals surface area contributed by atoms with Gasteiger partial charge in [0.15, 0.2) is 5.82 Å². The lowest BCUT2D eigenvalue weighted by Crippen LogP contribution is -2.23. The van der Waals surface area contributed by atoms with Crippen LogP contribution in [-0.4, -0.2) is 22.5 Å². The van der Waals surface area contributed by atoms with E-state index in [1.807, 2.05) is 23.5 Å². The van der Waals surface area contributed by atoms with Gasteiger partial charge in [-0.1, -0.05) is 35.9 Å². The summed E-state index contributed by atoms with van der Waals surface area (Å²) in [5.74, 6) is 1.04. The van der Waals surface area contributed by atoms with Crippen LogP contribution in [0.4, 0.5) is 5.69 Å². The van der Waals surface area contributed by atoms with Gasteiger partial charge in [0, 0.05) is 22.5 Å². The highest BCUT2D eigenvalue weighted by Gasteiger charge is 2.28. The molecule has 2 aromatic carbocycles. The van der Waals surface area contributed by atoms with Crippen molar-refractivity contribution >= 4 is 40.7 Å². The lowest BCUT2D eigenvalue weighted by atomic mass is 10.1. The minimum atomic E-state index is 0.742. The van der Waals surface area contributed by atoms with Gasteiger partial charge in [0.05, 0.1) is 23.1 Å². The molecule has 4 nitrogen and oxygen atoms in total. The van der Waals surface area contributed by atoms with Gasteiger partial charge < -0.3 is 4.57 Å². The van der Waals surface area contributed by atoms with E-state index in [0.29, 0.717) is 0 Å². The molecule has 0 radical (unpaired) electrons. The first-order valence-electron chi connectivity index (χ1n) is 7.99. The van der Waals surface area contributed by atoms with Crippen molar-refractivity contribution in [3.8, 4) is 11.3 Å². The van der Waals surface area contributed by atoms with Gasteiger partial charge in [-0.25, -0.2) is 5.01 Å². The van der Waals surface area contributed by atoms with Crippen molar-refractivity contribution in [1.29, 1.82) is 0 Å². The van der Waals surface area contributed by atoms with Crippen LogP contribution in [0.3, 0.4) is 0 Å². The van der Waals surface area contributed by atoms with Crippen molar-refractivity contribution in [2.75, 3.05) is 11.4 Å². The predicted molar refractivity (Wildman–Crippen MR) is 100 cm³/mol. The molecule has 0 bridgehead atoms. The van der Waals surface area contributed by atoms with Crippen LogP contribution in [0, 0.1) is 0 Å². The zero-order chi connectivity index (χ0) is 16.3. The third kappa shape index (κ3) is 1.77. The number of fused-ring (bicyclic) bond motifs is 7. The Morgan fingerprint density at radius 1 is 1.08 bits per heavy atom. The van der Waals surface area contributed by atoms with Gasteiger partial charge in [0.25, 0.3) is 0 Å². The third-order valence-electron chi connectivity index (χ3n) is 4.61. The van der Waals surface area contributed by atoms with E-state index in [0.717, 1.165) is 34.3 Å². The van der Waals surface area contributed by atoms with Gasteiger partial charge in [-0.05, 0) is 31.2 Å². The Kier molecular flexibility index (Phi) is 2.79. The Hall–Kier alpha value is -2.72. The number of rotatable bonds is 1. The second-order valence-corrected chi connectivity index (χ2v) is 6.36. The predicted octanol–water partition coefficient (Wildman–Crippen LogP) is 4.82. The molecule has 0 fully saturated rings. The Morgan fingerprint density at radius 3 is 2.83 bits per heavy atom. The highest BCUT2D eigenvalue weighted by atomic mass is 35.5. The van der Waals surface area contributed by atoms with Crippen molar-refractivity contribution in [1.82, 2.24) is 9.58 Å². The summed E-state index contributed by atoms with van der Waals surface area (Å²) in [6, 6.07) is 16.7. The highest BCUT2D eigenvalue weighted by Crippen LogP contribution is 2.41. The summed E-state index contributed by atoms with van der Waals surface area (Å²) in [5.41, 5.74) is 4.58. The SMILES string of the molecule is CCN1N=CN2C1=Cn1c(cc3ccc(Cl)cc31)-c1ccccc12. The van der Waals surface area contributed by atoms with Crippen molar-refractivity contribution < 1.29 is 0 Å².